The molecule has 2 fully saturated rings. The summed E-state index contributed by atoms with van der Waals surface area (Å²) in [5, 5.41) is 0. The van der Waals surface area contributed by atoms with E-state index in [1.807, 2.05) is 21.9 Å². The van der Waals surface area contributed by atoms with Gasteiger partial charge in [-0.3, -0.25) is 0 Å². The summed E-state index contributed by atoms with van der Waals surface area (Å²) in [4.78, 5) is 18.6. The van der Waals surface area contributed by atoms with E-state index in [0.29, 0.717) is 0 Å². The van der Waals surface area contributed by atoms with Crippen LogP contribution in [-0.2, 0) is 0 Å². The SMILES string of the molecule is O=C(N1CCCC1)N1CCN(c2cc[c]cc2)CC1. The van der Waals surface area contributed by atoms with Crippen molar-refractivity contribution < 1.29 is 4.79 Å². The van der Waals surface area contributed by atoms with Gasteiger partial charge in [-0.25, -0.2) is 4.79 Å². The first kappa shape index (κ1) is 12.3. The Hall–Kier alpha value is -1.71. The quantitative estimate of drug-likeness (QED) is 0.768. The summed E-state index contributed by atoms with van der Waals surface area (Å²) in [6, 6.07) is 11.3. The Morgan fingerprint density at radius 2 is 1.47 bits per heavy atom. The summed E-state index contributed by atoms with van der Waals surface area (Å²) in [6.07, 6.45) is 2.32. The van der Waals surface area contributed by atoms with Crippen molar-refractivity contribution in [3.05, 3.63) is 30.3 Å². The van der Waals surface area contributed by atoms with Crippen LogP contribution in [-0.4, -0.2) is 55.1 Å². The zero-order valence-corrected chi connectivity index (χ0v) is 11.2. The van der Waals surface area contributed by atoms with Crippen LogP contribution in [0.4, 0.5) is 10.5 Å². The first-order chi connectivity index (χ1) is 9.34. The molecule has 2 aliphatic heterocycles. The molecule has 19 heavy (non-hydrogen) atoms. The third kappa shape index (κ3) is 2.67. The normalized spacial score (nSPS) is 19.9. The van der Waals surface area contributed by atoms with E-state index in [2.05, 4.69) is 23.1 Å². The van der Waals surface area contributed by atoms with Crippen LogP contribution in [0.3, 0.4) is 0 Å². The summed E-state index contributed by atoms with van der Waals surface area (Å²) >= 11 is 0. The van der Waals surface area contributed by atoms with E-state index in [9.17, 15) is 4.79 Å². The van der Waals surface area contributed by atoms with Crippen molar-refractivity contribution in [2.24, 2.45) is 0 Å². The maximum atomic E-state index is 12.3. The second kappa shape index (κ2) is 5.51. The fourth-order valence-electron chi connectivity index (χ4n) is 2.85. The number of carbonyl (C=O) groups is 1. The van der Waals surface area contributed by atoms with Crippen molar-refractivity contribution in [2.75, 3.05) is 44.2 Å². The number of nitrogens with zero attached hydrogens (tertiary/aromatic N) is 3. The summed E-state index contributed by atoms with van der Waals surface area (Å²) in [7, 11) is 0. The molecule has 2 saturated heterocycles. The molecule has 101 valence electrons. The molecular weight excluding hydrogens is 238 g/mol. The standard InChI is InChI=1S/C15H20N3O/c19-15(17-8-4-5-9-17)18-12-10-16(11-13-18)14-6-2-1-3-7-14/h2-3,6-7H,4-5,8-13H2. The van der Waals surface area contributed by atoms with Crippen LogP contribution in [0.5, 0.6) is 0 Å². The largest absolute Gasteiger partial charge is 0.368 e. The number of hydrogen-bond acceptors (Lipinski definition) is 2. The van der Waals surface area contributed by atoms with Crippen LogP contribution in [0.2, 0.25) is 0 Å². The molecular formula is C15H20N3O. The number of anilines is 1. The van der Waals surface area contributed by atoms with Gasteiger partial charge in [0.25, 0.3) is 0 Å². The molecule has 0 aliphatic carbocycles. The molecule has 0 unspecified atom stereocenters. The zero-order chi connectivity index (χ0) is 13.1. The minimum atomic E-state index is 0.235. The molecule has 4 nitrogen and oxygen atoms in total. The van der Waals surface area contributed by atoms with Crippen LogP contribution in [0.15, 0.2) is 24.3 Å². The van der Waals surface area contributed by atoms with Crippen LogP contribution in [0.25, 0.3) is 0 Å². The van der Waals surface area contributed by atoms with Crippen molar-refractivity contribution in [2.45, 2.75) is 12.8 Å². The van der Waals surface area contributed by atoms with Gasteiger partial charge < -0.3 is 14.7 Å². The molecule has 2 aliphatic rings. The molecule has 1 radical (unpaired) electrons. The van der Waals surface area contributed by atoms with Crippen LogP contribution in [0.1, 0.15) is 12.8 Å². The molecule has 0 N–H and O–H groups in total. The lowest BCUT2D eigenvalue weighted by atomic mass is 10.2. The van der Waals surface area contributed by atoms with Gasteiger partial charge in [-0.2, -0.15) is 0 Å². The van der Waals surface area contributed by atoms with Gasteiger partial charge >= 0.3 is 6.03 Å². The van der Waals surface area contributed by atoms with E-state index in [1.54, 1.807) is 0 Å². The van der Waals surface area contributed by atoms with Gasteiger partial charge in [-0.1, -0.05) is 12.1 Å². The number of likely N-dealkylation sites (tertiary alicyclic amines) is 1. The van der Waals surface area contributed by atoms with Crippen molar-refractivity contribution >= 4 is 11.7 Å². The molecule has 0 bridgehead atoms. The van der Waals surface area contributed by atoms with Crippen molar-refractivity contribution in [1.29, 1.82) is 0 Å². The molecule has 1 aromatic carbocycles. The fourth-order valence-corrected chi connectivity index (χ4v) is 2.85. The third-order valence-corrected chi connectivity index (χ3v) is 3.99. The highest BCUT2D eigenvalue weighted by Crippen LogP contribution is 2.17. The van der Waals surface area contributed by atoms with E-state index < -0.39 is 0 Å². The fraction of sp³-hybridized carbons (Fsp3) is 0.533. The van der Waals surface area contributed by atoms with Gasteiger partial charge in [0.05, 0.1) is 0 Å². The lowest BCUT2D eigenvalue weighted by Gasteiger charge is -2.37. The maximum Gasteiger partial charge on any atom is 0.320 e. The van der Waals surface area contributed by atoms with Crippen LogP contribution < -0.4 is 4.90 Å². The molecule has 0 spiro atoms. The van der Waals surface area contributed by atoms with Gasteiger partial charge in [-0.05, 0) is 31.0 Å². The third-order valence-electron chi connectivity index (χ3n) is 3.99. The van der Waals surface area contributed by atoms with Crippen molar-refractivity contribution in [3.63, 3.8) is 0 Å². The Balaban J connectivity index is 1.56. The Morgan fingerprint density at radius 1 is 0.895 bits per heavy atom. The average Bonchev–Trinajstić information content (AvgIpc) is 3.02. The minimum absolute atomic E-state index is 0.235. The Labute approximate surface area is 114 Å². The molecule has 0 aromatic heterocycles. The smallest absolute Gasteiger partial charge is 0.320 e. The number of carbonyl (C=O) groups excluding carboxylic acids is 1. The Morgan fingerprint density at radius 3 is 2.11 bits per heavy atom. The number of urea groups is 1. The van der Waals surface area contributed by atoms with Crippen molar-refractivity contribution in [3.8, 4) is 0 Å². The zero-order valence-electron chi connectivity index (χ0n) is 11.2. The molecule has 0 atom stereocenters. The van der Waals surface area contributed by atoms with E-state index in [4.69, 9.17) is 0 Å². The van der Waals surface area contributed by atoms with Gasteiger partial charge in [0, 0.05) is 45.0 Å². The summed E-state index contributed by atoms with van der Waals surface area (Å²) < 4.78 is 0. The minimum Gasteiger partial charge on any atom is -0.368 e. The molecule has 1 aromatic rings. The van der Waals surface area contributed by atoms with Gasteiger partial charge in [0.1, 0.15) is 0 Å². The van der Waals surface area contributed by atoms with Crippen molar-refractivity contribution in [1.82, 2.24) is 9.80 Å². The predicted octanol–water partition coefficient (Wildman–Crippen LogP) is 1.82. The summed E-state index contributed by atoms with van der Waals surface area (Å²) in [5.74, 6) is 0. The first-order valence-electron chi connectivity index (χ1n) is 7.09. The molecule has 0 saturated carbocycles. The van der Waals surface area contributed by atoms with Crippen LogP contribution in [0, 0.1) is 6.07 Å². The highest BCUT2D eigenvalue weighted by atomic mass is 16.2. The van der Waals surface area contributed by atoms with E-state index >= 15 is 0 Å². The van der Waals surface area contributed by atoms with E-state index in [-0.39, 0.29) is 6.03 Å². The molecule has 2 amide bonds. The monoisotopic (exact) mass is 258 g/mol. The highest BCUT2D eigenvalue weighted by molar-refractivity contribution is 5.75. The number of amides is 2. The van der Waals surface area contributed by atoms with E-state index in [1.165, 1.54) is 5.69 Å². The lowest BCUT2D eigenvalue weighted by molar-refractivity contribution is 0.159. The Kier molecular flexibility index (Phi) is 3.58. The second-order valence-corrected chi connectivity index (χ2v) is 5.21. The average molecular weight is 258 g/mol. The van der Waals surface area contributed by atoms with Crippen LogP contribution >= 0.6 is 0 Å². The molecule has 2 heterocycles. The predicted molar refractivity (Wildman–Crippen MR) is 75.3 cm³/mol. The number of hydrogen-bond donors (Lipinski definition) is 0. The van der Waals surface area contributed by atoms with Gasteiger partial charge in [0.15, 0.2) is 0 Å². The topological polar surface area (TPSA) is 26.8 Å². The molecule has 4 heteroatoms. The number of benzene rings is 1. The first-order valence-corrected chi connectivity index (χ1v) is 7.09. The second-order valence-electron chi connectivity index (χ2n) is 5.21. The Bertz CT molecular complexity index is 420. The van der Waals surface area contributed by atoms with E-state index in [0.717, 1.165) is 52.1 Å². The summed E-state index contributed by atoms with van der Waals surface area (Å²) in [6.45, 7) is 5.37. The highest BCUT2D eigenvalue weighted by Gasteiger charge is 2.26. The summed E-state index contributed by atoms with van der Waals surface area (Å²) in [5.41, 5.74) is 1.23. The lowest BCUT2D eigenvalue weighted by Crippen LogP contribution is -2.52. The van der Waals surface area contributed by atoms with Gasteiger partial charge in [-0.15, -0.1) is 0 Å². The number of piperazine rings is 1. The maximum absolute atomic E-state index is 12.3. The molecule has 3 rings (SSSR count). The van der Waals surface area contributed by atoms with Gasteiger partial charge in [0.2, 0.25) is 0 Å². The number of rotatable bonds is 1.